The van der Waals surface area contributed by atoms with Gasteiger partial charge in [-0.15, -0.1) is 13.2 Å². The summed E-state index contributed by atoms with van der Waals surface area (Å²) in [4.78, 5) is 14.4. The highest BCUT2D eigenvalue weighted by Crippen LogP contribution is 2.36. The molecule has 0 amide bonds. The zero-order valence-electron chi connectivity index (χ0n) is 20.3. The third-order valence-corrected chi connectivity index (χ3v) is 8.93. The molecular weight excluding hydrogens is 497 g/mol. The number of halogens is 3. The van der Waals surface area contributed by atoms with E-state index < -0.39 is 16.4 Å². The van der Waals surface area contributed by atoms with Crippen LogP contribution in [0.4, 0.5) is 13.2 Å². The molecule has 0 radical (unpaired) electrons. The molecule has 7 nitrogen and oxygen atoms in total. The number of fused-ring (bicyclic) bond motifs is 1. The first-order valence-electron chi connectivity index (χ1n) is 11.7. The van der Waals surface area contributed by atoms with Gasteiger partial charge < -0.3 is 9.47 Å². The minimum Gasteiger partial charge on any atom is -0.469 e. The normalized spacial score (nSPS) is 23.3. The maximum atomic E-state index is 13.8. The highest BCUT2D eigenvalue weighted by Gasteiger charge is 2.41. The van der Waals surface area contributed by atoms with Gasteiger partial charge in [-0.3, -0.25) is 9.69 Å². The number of nitrogens with zero attached hydrogens (tertiary/aromatic N) is 2. The van der Waals surface area contributed by atoms with Crippen LogP contribution >= 0.6 is 0 Å². The first kappa shape index (κ1) is 26.4. The Labute approximate surface area is 208 Å². The summed E-state index contributed by atoms with van der Waals surface area (Å²) in [5, 5.41) is 0. The number of hydrogen-bond acceptors (Lipinski definition) is 6. The van der Waals surface area contributed by atoms with Gasteiger partial charge >= 0.3 is 12.3 Å². The number of alkyl halides is 3. The van der Waals surface area contributed by atoms with Crippen LogP contribution < -0.4 is 4.74 Å². The first-order valence-corrected chi connectivity index (χ1v) is 13.1. The van der Waals surface area contributed by atoms with Gasteiger partial charge in [0.25, 0.3) is 0 Å². The molecule has 0 N–H and O–H groups in total. The Bertz CT molecular complexity index is 1210. The van der Waals surface area contributed by atoms with Crippen molar-refractivity contribution in [2.75, 3.05) is 20.2 Å². The van der Waals surface area contributed by atoms with Crippen molar-refractivity contribution in [3.05, 3.63) is 59.2 Å². The molecule has 36 heavy (non-hydrogen) atoms. The van der Waals surface area contributed by atoms with Crippen molar-refractivity contribution in [2.24, 2.45) is 5.92 Å². The quantitative estimate of drug-likeness (QED) is 0.534. The molecular formula is C25H29F3N2O5S. The summed E-state index contributed by atoms with van der Waals surface area (Å²) in [6.07, 6.45) is -3.96. The van der Waals surface area contributed by atoms with E-state index in [0.29, 0.717) is 38.0 Å². The average Bonchev–Trinajstić information content (AvgIpc) is 3.22. The van der Waals surface area contributed by atoms with Gasteiger partial charge in [-0.1, -0.05) is 24.3 Å². The number of carbonyl (C=O) groups excluding carboxylic acids is 1. The number of methoxy groups -OCH3 is 1. The Morgan fingerprint density at radius 3 is 2.25 bits per heavy atom. The molecule has 1 aliphatic heterocycles. The van der Waals surface area contributed by atoms with Crippen LogP contribution in [-0.4, -0.2) is 62.2 Å². The SMILES string of the molecule is COC(=O)[C@H]1Cc2cccc(S(=O)(=O)N3[C@H](C)CN(Cc4ccc(OC(F)(F)F)cc4)C[C@@H]3C)c2C1. The van der Waals surface area contributed by atoms with Gasteiger partial charge in [0.2, 0.25) is 10.0 Å². The molecule has 196 valence electrons. The van der Waals surface area contributed by atoms with Gasteiger partial charge in [0.05, 0.1) is 17.9 Å². The zero-order valence-corrected chi connectivity index (χ0v) is 21.1. The maximum absolute atomic E-state index is 13.8. The Morgan fingerprint density at radius 1 is 1.03 bits per heavy atom. The molecule has 0 aromatic heterocycles. The molecule has 3 atom stereocenters. The largest absolute Gasteiger partial charge is 0.573 e. The number of piperazine rings is 1. The van der Waals surface area contributed by atoms with Crippen molar-refractivity contribution < 1.29 is 35.9 Å². The van der Waals surface area contributed by atoms with Crippen LogP contribution in [0.2, 0.25) is 0 Å². The maximum Gasteiger partial charge on any atom is 0.573 e. The number of esters is 1. The molecule has 0 saturated carbocycles. The third kappa shape index (κ3) is 5.52. The van der Waals surface area contributed by atoms with Crippen molar-refractivity contribution in [1.82, 2.24) is 9.21 Å². The van der Waals surface area contributed by atoms with Gasteiger partial charge in [0, 0.05) is 31.7 Å². The standard InChI is InChI=1S/C25H29F3N2O5S/c1-16-13-29(15-18-7-9-21(10-8-18)35-25(26,27)28)14-17(2)30(16)36(32,33)23-6-4-5-19-11-20(12-22(19)23)24(31)34-3/h4-10,16-17,20H,11-15H2,1-3H3/t16-,17+,20-/m0/s1. The van der Waals surface area contributed by atoms with Gasteiger partial charge in [-0.2, -0.15) is 4.31 Å². The molecule has 2 aromatic carbocycles. The third-order valence-electron chi connectivity index (χ3n) is 6.71. The summed E-state index contributed by atoms with van der Waals surface area (Å²) in [5.74, 6) is -1.02. The molecule has 0 bridgehead atoms. The molecule has 0 spiro atoms. The highest BCUT2D eigenvalue weighted by atomic mass is 32.2. The molecule has 1 aliphatic carbocycles. The van der Waals surface area contributed by atoms with Crippen LogP contribution in [0, 0.1) is 5.92 Å². The topological polar surface area (TPSA) is 76.2 Å². The fourth-order valence-electron chi connectivity index (χ4n) is 5.38. The van der Waals surface area contributed by atoms with Crippen molar-refractivity contribution in [3.63, 3.8) is 0 Å². The lowest BCUT2D eigenvalue weighted by molar-refractivity contribution is -0.274. The fourth-order valence-corrected chi connectivity index (χ4v) is 7.47. The monoisotopic (exact) mass is 526 g/mol. The van der Waals surface area contributed by atoms with Gasteiger partial charge in [-0.05, 0) is 61.6 Å². The van der Waals surface area contributed by atoms with Crippen molar-refractivity contribution in [3.8, 4) is 5.75 Å². The lowest BCUT2D eigenvalue weighted by Crippen LogP contribution is -2.58. The van der Waals surface area contributed by atoms with E-state index in [1.165, 1.54) is 23.5 Å². The summed E-state index contributed by atoms with van der Waals surface area (Å²) in [6, 6.07) is 10.2. The second-order valence-corrected chi connectivity index (χ2v) is 11.3. The molecule has 1 saturated heterocycles. The zero-order chi connectivity index (χ0) is 26.3. The smallest absolute Gasteiger partial charge is 0.469 e. The molecule has 2 aromatic rings. The Kier molecular flexibility index (Phi) is 7.36. The summed E-state index contributed by atoms with van der Waals surface area (Å²) in [5.41, 5.74) is 2.33. The van der Waals surface area contributed by atoms with Crippen LogP contribution in [0.25, 0.3) is 0 Å². The molecule has 11 heteroatoms. The van der Waals surface area contributed by atoms with Gasteiger partial charge in [-0.25, -0.2) is 8.42 Å². The Balaban J connectivity index is 1.48. The van der Waals surface area contributed by atoms with Crippen molar-refractivity contribution in [2.45, 2.75) is 56.6 Å². The Morgan fingerprint density at radius 2 is 1.67 bits per heavy atom. The minimum absolute atomic E-state index is 0.235. The van der Waals surface area contributed by atoms with E-state index in [-0.39, 0.29) is 34.6 Å². The van der Waals surface area contributed by atoms with Gasteiger partial charge in [0.1, 0.15) is 5.75 Å². The predicted octanol–water partition coefficient (Wildman–Crippen LogP) is 3.76. The predicted molar refractivity (Wildman–Crippen MR) is 126 cm³/mol. The second-order valence-electron chi connectivity index (χ2n) is 9.44. The second kappa shape index (κ2) is 10.0. The van der Waals surface area contributed by atoms with Crippen LogP contribution in [0.15, 0.2) is 47.4 Å². The number of ether oxygens (including phenoxy) is 2. The van der Waals surface area contributed by atoms with Crippen LogP contribution in [0.5, 0.6) is 5.75 Å². The molecule has 0 unspecified atom stereocenters. The molecule has 1 fully saturated rings. The summed E-state index contributed by atoms with van der Waals surface area (Å²) >= 11 is 0. The van der Waals surface area contributed by atoms with Crippen molar-refractivity contribution in [1.29, 1.82) is 0 Å². The van der Waals surface area contributed by atoms with Crippen LogP contribution in [-0.2, 0) is 38.9 Å². The van der Waals surface area contributed by atoms with E-state index in [4.69, 9.17) is 4.74 Å². The van der Waals surface area contributed by atoms with E-state index in [0.717, 1.165) is 11.1 Å². The minimum atomic E-state index is -4.74. The van der Waals surface area contributed by atoms with Crippen molar-refractivity contribution >= 4 is 16.0 Å². The number of sulfonamides is 1. The Hall–Kier alpha value is -2.63. The van der Waals surface area contributed by atoms with Crippen LogP contribution in [0.1, 0.15) is 30.5 Å². The summed E-state index contributed by atoms with van der Waals surface area (Å²) in [7, 11) is -2.50. The number of benzene rings is 2. The first-order chi connectivity index (χ1) is 16.9. The summed E-state index contributed by atoms with van der Waals surface area (Å²) in [6.45, 7) is 5.09. The molecule has 2 aliphatic rings. The fraction of sp³-hybridized carbons (Fsp3) is 0.480. The molecule has 1 heterocycles. The van der Waals surface area contributed by atoms with E-state index in [9.17, 15) is 26.4 Å². The summed E-state index contributed by atoms with van der Waals surface area (Å²) < 4.78 is 75.1. The van der Waals surface area contributed by atoms with E-state index in [1.807, 2.05) is 19.9 Å². The van der Waals surface area contributed by atoms with E-state index in [1.54, 1.807) is 24.3 Å². The number of carbonyl (C=O) groups is 1. The number of hydrogen-bond donors (Lipinski definition) is 0. The van der Waals surface area contributed by atoms with Gasteiger partial charge in [0.15, 0.2) is 0 Å². The van der Waals surface area contributed by atoms with Crippen LogP contribution in [0.3, 0.4) is 0 Å². The van der Waals surface area contributed by atoms with E-state index in [2.05, 4.69) is 9.64 Å². The number of rotatable bonds is 6. The lowest BCUT2D eigenvalue weighted by atomic mass is 10.1. The average molecular weight is 527 g/mol. The molecule has 4 rings (SSSR count). The highest BCUT2D eigenvalue weighted by molar-refractivity contribution is 7.89. The van der Waals surface area contributed by atoms with E-state index >= 15 is 0 Å². The lowest BCUT2D eigenvalue weighted by Gasteiger charge is -2.43.